The van der Waals surface area contributed by atoms with Gasteiger partial charge in [0.2, 0.25) is 0 Å². The predicted molar refractivity (Wildman–Crippen MR) is 73.7 cm³/mol. The molecule has 0 aromatic carbocycles. The molecule has 0 spiro atoms. The maximum Gasteiger partial charge on any atom is 0.274 e. The summed E-state index contributed by atoms with van der Waals surface area (Å²) in [6, 6.07) is 5.17. The molecule has 2 heterocycles. The Morgan fingerprint density at radius 1 is 1.28 bits per heavy atom. The number of carbonyl (C=O) groups is 1. The largest absolute Gasteiger partial charge is 0.387 e. The highest BCUT2D eigenvalue weighted by Crippen LogP contribution is 2.20. The molecule has 1 amide bonds. The summed E-state index contributed by atoms with van der Waals surface area (Å²) < 4.78 is 0.727. The number of hydrogen-bond donors (Lipinski definition) is 2. The molecular weight excluding hydrogens is 296 g/mol. The fourth-order valence-corrected chi connectivity index (χ4v) is 1.69. The highest BCUT2D eigenvalue weighted by Gasteiger charge is 2.09. The first kappa shape index (κ1) is 12.5. The van der Waals surface area contributed by atoms with Gasteiger partial charge in [-0.05, 0) is 34.1 Å². The van der Waals surface area contributed by atoms with Gasteiger partial charge >= 0.3 is 0 Å². The fraction of sp³-hybridized carbons (Fsp3) is 0.0833. The second-order valence-corrected chi connectivity index (χ2v) is 4.35. The van der Waals surface area contributed by atoms with E-state index in [1.807, 2.05) is 0 Å². The molecule has 0 saturated carbocycles. The quantitative estimate of drug-likeness (QED) is 0.914. The number of nitrogens with zero attached hydrogens (tertiary/aromatic N) is 2. The molecule has 2 aromatic heterocycles. The third-order valence-corrected chi connectivity index (χ3v) is 2.94. The normalized spacial score (nSPS) is 9.89. The van der Waals surface area contributed by atoms with E-state index >= 15 is 0 Å². The van der Waals surface area contributed by atoms with Crippen LogP contribution in [0.4, 0.5) is 11.4 Å². The third-order valence-electron chi connectivity index (χ3n) is 2.31. The maximum absolute atomic E-state index is 11.9. The Labute approximate surface area is 113 Å². The lowest BCUT2D eigenvalue weighted by molar-refractivity contribution is 0.102. The van der Waals surface area contributed by atoms with Gasteiger partial charge in [0.05, 0.1) is 22.0 Å². The Bertz CT molecular complexity index is 556. The van der Waals surface area contributed by atoms with Gasteiger partial charge in [-0.2, -0.15) is 0 Å². The van der Waals surface area contributed by atoms with Crippen LogP contribution in [0.25, 0.3) is 0 Å². The first-order valence-corrected chi connectivity index (χ1v) is 6.04. The van der Waals surface area contributed by atoms with E-state index in [4.69, 9.17) is 0 Å². The lowest BCUT2D eigenvalue weighted by atomic mass is 10.3. The molecular formula is C12H11BrN4O. The Kier molecular flexibility index (Phi) is 3.88. The minimum absolute atomic E-state index is 0.260. The number of nitrogens with one attached hydrogen (secondary N) is 2. The van der Waals surface area contributed by atoms with E-state index in [0.717, 1.165) is 10.2 Å². The summed E-state index contributed by atoms with van der Waals surface area (Å²) in [6.45, 7) is 0. The van der Waals surface area contributed by atoms with Crippen molar-refractivity contribution in [2.75, 3.05) is 17.7 Å². The van der Waals surface area contributed by atoms with E-state index in [9.17, 15) is 4.79 Å². The highest BCUT2D eigenvalue weighted by atomic mass is 79.9. The van der Waals surface area contributed by atoms with Crippen LogP contribution < -0.4 is 10.6 Å². The predicted octanol–water partition coefficient (Wildman–Crippen LogP) is 2.53. The van der Waals surface area contributed by atoms with Crippen LogP contribution >= 0.6 is 15.9 Å². The molecule has 5 nitrogen and oxygen atoms in total. The van der Waals surface area contributed by atoms with Crippen molar-refractivity contribution >= 4 is 33.2 Å². The number of amides is 1. The van der Waals surface area contributed by atoms with Gasteiger partial charge < -0.3 is 10.6 Å². The van der Waals surface area contributed by atoms with E-state index < -0.39 is 0 Å². The van der Waals surface area contributed by atoms with E-state index in [1.165, 1.54) is 0 Å². The number of halogens is 1. The first-order chi connectivity index (χ1) is 8.70. The molecule has 0 saturated heterocycles. The number of hydrogen-bond acceptors (Lipinski definition) is 4. The summed E-state index contributed by atoms with van der Waals surface area (Å²) in [6.07, 6.45) is 4.83. The summed E-state index contributed by atoms with van der Waals surface area (Å²) in [4.78, 5) is 19.9. The van der Waals surface area contributed by atoms with Gasteiger partial charge in [-0.15, -0.1) is 0 Å². The molecule has 0 bridgehead atoms. The van der Waals surface area contributed by atoms with E-state index in [2.05, 4.69) is 36.5 Å². The lowest BCUT2D eigenvalue weighted by Gasteiger charge is -2.06. The molecule has 0 unspecified atom stereocenters. The molecule has 0 atom stereocenters. The Balaban J connectivity index is 2.14. The summed E-state index contributed by atoms with van der Waals surface area (Å²) in [5.41, 5.74) is 1.88. The molecule has 0 radical (unpaired) electrons. The Morgan fingerprint density at radius 3 is 2.72 bits per heavy atom. The van der Waals surface area contributed by atoms with Crippen molar-refractivity contribution in [2.45, 2.75) is 0 Å². The van der Waals surface area contributed by atoms with Crippen molar-refractivity contribution in [1.82, 2.24) is 9.97 Å². The minimum atomic E-state index is -0.260. The zero-order valence-corrected chi connectivity index (χ0v) is 11.2. The van der Waals surface area contributed by atoms with Crippen molar-refractivity contribution in [1.29, 1.82) is 0 Å². The van der Waals surface area contributed by atoms with E-state index in [1.54, 1.807) is 43.8 Å². The number of pyridine rings is 2. The molecule has 0 aliphatic rings. The number of carbonyl (C=O) groups excluding carboxylic acids is 1. The summed E-state index contributed by atoms with van der Waals surface area (Å²) >= 11 is 3.31. The van der Waals surface area contributed by atoms with Crippen molar-refractivity contribution in [3.05, 3.63) is 47.0 Å². The minimum Gasteiger partial charge on any atom is -0.387 e. The van der Waals surface area contributed by atoms with Gasteiger partial charge in [-0.1, -0.05) is 0 Å². The van der Waals surface area contributed by atoms with E-state index in [-0.39, 0.29) is 5.91 Å². The number of anilines is 2. The summed E-state index contributed by atoms with van der Waals surface area (Å²) in [7, 11) is 1.80. The topological polar surface area (TPSA) is 66.9 Å². The first-order valence-electron chi connectivity index (χ1n) is 5.25. The zero-order valence-electron chi connectivity index (χ0n) is 9.64. The standard InChI is InChI=1S/C12H11BrN4O/c1-14-8-2-3-11(16-6-8)12(18)17-10-4-5-15-7-9(10)13/h2-7,14H,1H3,(H,15,17,18). The van der Waals surface area contributed by atoms with Gasteiger partial charge in [0, 0.05) is 19.4 Å². The average Bonchev–Trinajstić information content (AvgIpc) is 2.41. The fourth-order valence-electron chi connectivity index (χ4n) is 1.34. The maximum atomic E-state index is 11.9. The average molecular weight is 307 g/mol. The third kappa shape index (κ3) is 2.84. The number of rotatable bonds is 3. The molecule has 18 heavy (non-hydrogen) atoms. The van der Waals surface area contributed by atoms with Crippen LogP contribution in [-0.2, 0) is 0 Å². The van der Waals surface area contributed by atoms with Gasteiger partial charge in [0.25, 0.3) is 5.91 Å². The SMILES string of the molecule is CNc1ccc(C(=O)Nc2ccncc2Br)nc1. The second-order valence-electron chi connectivity index (χ2n) is 3.49. The molecule has 0 aliphatic heterocycles. The number of aromatic nitrogens is 2. The van der Waals surface area contributed by atoms with Crippen LogP contribution in [0, 0.1) is 0 Å². The van der Waals surface area contributed by atoms with Crippen LogP contribution in [0.2, 0.25) is 0 Å². The van der Waals surface area contributed by atoms with Crippen LogP contribution in [0.3, 0.4) is 0 Å². The molecule has 2 rings (SSSR count). The summed E-state index contributed by atoms with van der Waals surface area (Å²) in [5.74, 6) is -0.260. The monoisotopic (exact) mass is 306 g/mol. The summed E-state index contributed by atoms with van der Waals surface area (Å²) in [5, 5.41) is 5.70. The molecule has 92 valence electrons. The molecule has 2 N–H and O–H groups in total. The van der Waals surface area contributed by atoms with Gasteiger partial charge in [0.15, 0.2) is 0 Å². The van der Waals surface area contributed by atoms with Gasteiger partial charge in [-0.25, -0.2) is 4.98 Å². The zero-order chi connectivity index (χ0) is 13.0. The molecule has 0 aliphatic carbocycles. The molecule has 6 heteroatoms. The van der Waals surface area contributed by atoms with Gasteiger partial charge in [-0.3, -0.25) is 9.78 Å². The highest BCUT2D eigenvalue weighted by molar-refractivity contribution is 9.10. The van der Waals surface area contributed by atoms with Crippen LogP contribution in [-0.4, -0.2) is 22.9 Å². The van der Waals surface area contributed by atoms with Crippen molar-refractivity contribution in [3.63, 3.8) is 0 Å². The lowest BCUT2D eigenvalue weighted by Crippen LogP contribution is -2.14. The Morgan fingerprint density at radius 2 is 2.11 bits per heavy atom. The van der Waals surface area contributed by atoms with Gasteiger partial charge in [0.1, 0.15) is 5.69 Å². The Hall–Kier alpha value is -1.95. The van der Waals surface area contributed by atoms with Crippen LogP contribution in [0.1, 0.15) is 10.5 Å². The van der Waals surface area contributed by atoms with Crippen molar-refractivity contribution in [2.24, 2.45) is 0 Å². The molecule has 0 fully saturated rings. The van der Waals surface area contributed by atoms with Crippen LogP contribution in [0.15, 0.2) is 41.3 Å². The second kappa shape index (κ2) is 5.59. The van der Waals surface area contributed by atoms with Crippen molar-refractivity contribution in [3.8, 4) is 0 Å². The van der Waals surface area contributed by atoms with E-state index in [0.29, 0.717) is 11.4 Å². The smallest absolute Gasteiger partial charge is 0.274 e. The molecule has 2 aromatic rings. The van der Waals surface area contributed by atoms with Crippen LogP contribution in [0.5, 0.6) is 0 Å². The van der Waals surface area contributed by atoms with Crippen molar-refractivity contribution < 1.29 is 4.79 Å².